The zero-order valence-corrected chi connectivity index (χ0v) is 16.4. The van der Waals surface area contributed by atoms with Gasteiger partial charge in [-0.05, 0) is 37.1 Å². The summed E-state index contributed by atoms with van der Waals surface area (Å²) in [4.78, 5) is 47.8. The topological polar surface area (TPSA) is 81.5 Å². The first-order valence-electron chi connectivity index (χ1n) is 10.3. The van der Waals surface area contributed by atoms with Crippen molar-refractivity contribution in [1.29, 1.82) is 0 Å². The molecule has 5 rings (SSSR count). The van der Waals surface area contributed by atoms with Crippen molar-refractivity contribution in [2.24, 2.45) is 0 Å². The highest BCUT2D eigenvalue weighted by atomic mass is 16.7. The van der Waals surface area contributed by atoms with Crippen LogP contribution in [0.15, 0.2) is 48.5 Å². The highest BCUT2D eigenvalue weighted by Crippen LogP contribution is 2.34. The van der Waals surface area contributed by atoms with Crippen LogP contribution in [0.2, 0.25) is 0 Å². The van der Waals surface area contributed by atoms with Crippen LogP contribution in [-0.2, 0) is 16.2 Å². The van der Waals surface area contributed by atoms with E-state index in [1.54, 1.807) is 24.3 Å². The van der Waals surface area contributed by atoms with Crippen LogP contribution < -0.4 is 0 Å². The summed E-state index contributed by atoms with van der Waals surface area (Å²) in [6, 6.07) is 14.1. The fraction of sp³-hybridized carbons (Fsp3) is 0.304. The number of hydroxylamine groups is 2. The highest BCUT2D eigenvalue weighted by molar-refractivity contribution is 6.20. The Bertz CT molecular complexity index is 1130. The standard InChI is InChI=1S/C23H21N3O4/c27-20(30-26-22(28)16-10-4-5-11-17(16)23(26)29)14-25-19-13-7-6-12-18(19)24-21(25)15-8-2-1-3-9-15/h4-7,10-13,15H,1-3,8-9,14H2. The van der Waals surface area contributed by atoms with E-state index < -0.39 is 17.8 Å². The van der Waals surface area contributed by atoms with Crippen LogP contribution in [0, 0.1) is 0 Å². The monoisotopic (exact) mass is 403 g/mol. The smallest absolute Gasteiger partial charge is 0.328 e. The van der Waals surface area contributed by atoms with Crippen molar-refractivity contribution in [2.75, 3.05) is 0 Å². The molecule has 0 bridgehead atoms. The maximum absolute atomic E-state index is 12.8. The second-order valence-electron chi connectivity index (χ2n) is 7.79. The van der Waals surface area contributed by atoms with Gasteiger partial charge in [-0.3, -0.25) is 9.59 Å². The minimum atomic E-state index is -0.676. The molecule has 7 heteroatoms. The molecule has 2 aromatic carbocycles. The lowest BCUT2D eigenvalue weighted by Crippen LogP contribution is -2.34. The molecule has 1 saturated carbocycles. The van der Waals surface area contributed by atoms with E-state index in [9.17, 15) is 14.4 Å². The number of nitrogens with zero attached hydrogens (tertiary/aromatic N) is 3. The number of para-hydroxylation sites is 2. The summed E-state index contributed by atoms with van der Waals surface area (Å²) in [5.41, 5.74) is 2.15. The summed E-state index contributed by atoms with van der Waals surface area (Å²) in [5, 5.41) is 0.562. The van der Waals surface area contributed by atoms with Gasteiger partial charge in [0, 0.05) is 5.92 Å². The lowest BCUT2D eigenvalue weighted by Gasteiger charge is -2.22. The van der Waals surface area contributed by atoms with E-state index in [1.807, 2.05) is 28.8 Å². The predicted octanol–water partition coefficient (Wildman–Crippen LogP) is 3.84. The lowest BCUT2D eigenvalue weighted by atomic mass is 9.88. The molecule has 2 heterocycles. The van der Waals surface area contributed by atoms with E-state index in [0.717, 1.165) is 42.5 Å². The number of carbonyl (C=O) groups excluding carboxylic acids is 3. The zero-order valence-electron chi connectivity index (χ0n) is 16.4. The molecule has 1 aliphatic carbocycles. The van der Waals surface area contributed by atoms with Crippen LogP contribution in [0.1, 0.15) is 64.6 Å². The zero-order chi connectivity index (χ0) is 20.7. The van der Waals surface area contributed by atoms with Crippen LogP contribution in [0.4, 0.5) is 0 Å². The van der Waals surface area contributed by atoms with Gasteiger partial charge in [-0.25, -0.2) is 9.78 Å². The average molecular weight is 403 g/mol. The summed E-state index contributed by atoms with van der Waals surface area (Å²) < 4.78 is 1.87. The Labute approximate surface area is 173 Å². The molecule has 2 aliphatic rings. The molecule has 7 nitrogen and oxygen atoms in total. The van der Waals surface area contributed by atoms with Gasteiger partial charge in [0.2, 0.25) is 0 Å². The fourth-order valence-electron chi connectivity index (χ4n) is 4.44. The average Bonchev–Trinajstić information content (AvgIpc) is 3.26. The van der Waals surface area contributed by atoms with Crippen molar-refractivity contribution in [3.05, 3.63) is 65.5 Å². The minimum absolute atomic E-state index is 0.111. The van der Waals surface area contributed by atoms with Gasteiger partial charge in [-0.2, -0.15) is 0 Å². The van der Waals surface area contributed by atoms with Crippen molar-refractivity contribution in [2.45, 2.75) is 44.6 Å². The number of hydrogen-bond donors (Lipinski definition) is 0. The van der Waals surface area contributed by atoms with Crippen LogP contribution in [-0.4, -0.2) is 32.4 Å². The van der Waals surface area contributed by atoms with E-state index in [-0.39, 0.29) is 17.7 Å². The highest BCUT2D eigenvalue weighted by Gasteiger charge is 2.38. The van der Waals surface area contributed by atoms with Gasteiger partial charge in [0.05, 0.1) is 22.2 Å². The molecule has 0 unspecified atom stereocenters. The summed E-state index contributed by atoms with van der Waals surface area (Å²) in [6.07, 6.45) is 5.59. The van der Waals surface area contributed by atoms with Crippen molar-refractivity contribution < 1.29 is 19.2 Å². The Hall–Kier alpha value is -3.48. The molecule has 0 N–H and O–H groups in total. The van der Waals surface area contributed by atoms with Gasteiger partial charge < -0.3 is 9.40 Å². The molecular weight excluding hydrogens is 382 g/mol. The molecule has 0 spiro atoms. The Morgan fingerprint density at radius 1 is 0.933 bits per heavy atom. The first-order chi connectivity index (χ1) is 14.6. The van der Waals surface area contributed by atoms with Crippen molar-refractivity contribution >= 4 is 28.8 Å². The van der Waals surface area contributed by atoms with Crippen LogP contribution in [0.25, 0.3) is 11.0 Å². The Morgan fingerprint density at radius 2 is 1.57 bits per heavy atom. The quantitative estimate of drug-likeness (QED) is 0.618. The largest absolute Gasteiger partial charge is 0.352 e. The molecule has 1 aromatic heterocycles. The number of rotatable bonds is 4. The number of carbonyl (C=O) groups is 3. The molecule has 0 radical (unpaired) electrons. The minimum Gasteiger partial charge on any atom is -0.328 e. The van der Waals surface area contributed by atoms with E-state index in [1.165, 1.54) is 6.42 Å². The lowest BCUT2D eigenvalue weighted by molar-refractivity contribution is -0.169. The third-order valence-electron chi connectivity index (χ3n) is 5.89. The van der Waals surface area contributed by atoms with E-state index in [2.05, 4.69) is 0 Å². The summed E-state index contributed by atoms with van der Waals surface area (Å²) in [7, 11) is 0. The second kappa shape index (κ2) is 7.40. The summed E-state index contributed by atoms with van der Waals surface area (Å²) in [5.74, 6) is -0.753. The van der Waals surface area contributed by atoms with Gasteiger partial charge in [0.25, 0.3) is 11.8 Å². The number of amides is 2. The normalized spacial score (nSPS) is 16.9. The first kappa shape index (κ1) is 18.5. The second-order valence-corrected chi connectivity index (χ2v) is 7.79. The Balaban J connectivity index is 1.41. The molecule has 30 heavy (non-hydrogen) atoms. The number of benzene rings is 2. The van der Waals surface area contributed by atoms with Crippen molar-refractivity contribution in [3.8, 4) is 0 Å². The molecule has 1 fully saturated rings. The van der Waals surface area contributed by atoms with Gasteiger partial charge in [-0.15, -0.1) is 0 Å². The van der Waals surface area contributed by atoms with Crippen LogP contribution in [0.3, 0.4) is 0 Å². The number of imide groups is 1. The molecule has 2 amide bonds. The molecule has 1 aliphatic heterocycles. The van der Waals surface area contributed by atoms with E-state index in [4.69, 9.17) is 9.82 Å². The predicted molar refractivity (Wildman–Crippen MR) is 109 cm³/mol. The van der Waals surface area contributed by atoms with Gasteiger partial charge in [0.1, 0.15) is 12.4 Å². The van der Waals surface area contributed by atoms with Crippen LogP contribution in [0.5, 0.6) is 0 Å². The Kier molecular flexibility index (Phi) is 4.58. The fourth-order valence-corrected chi connectivity index (χ4v) is 4.44. The summed E-state index contributed by atoms with van der Waals surface area (Å²) >= 11 is 0. The molecule has 0 atom stereocenters. The number of fused-ring (bicyclic) bond motifs is 2. The Morgan fingerprint density at radius 3 is 2.27 bits per heavy atom. The van der Waals surface area contributed by atoms with Gasteiger partial charge >= 0.3 is 5.97 Å². The molecule has 152 valence electrons. The first-order valence-corrected chi connectivity index (χ1v) is 10.3. The number of aromatic nitrogens is 2. The summed E-state index contributed by atoms with van der Waals surface area (Å²) in [6.45, 7) is -0.111. The SMILES string of the molecule is O=C(Cn1c(C2CCCCC2)nc2ccccc21)ON1C(=O)c2ccccc2C1=O. The molecule has 3 aromatic rings. The maximum atomic E-state index is 12.8. The van der Waals surface area contributed by atoms with Crippen molar-refractivity contribution in [3.63, 3.8) is 0 Å². The van der Waals surface area contributed by atoms with E-state index >= 15 is 0 Å². The maximum Gasteiger partial charge on any atom is 0.352 e. The third-order valence-corrected chi connectivity index (χ3v) is 5.89. The van der Waals surface area contributed by atoms with Crippen LogP contribution >= 0.6 is 0 Å². The van der Waals surface area contributed by atoms with Crippen molar-refractivity contribution in [1.82, 2.24) is 14.6 Å². The third kappa shape index (κ3) is 3.07. The number of hydrogen-bond acceptors (Lipinski definition) is 5. The van der Waals surface area contributed by atoms with E-state index in [0.29, 0.717) is 11.0 Å². The molecular formula is C23H21N3O4. The van der Waals surface area contributed by atoms with Gasteiger partial charge in [-0.1, -0.05) is 48.6 Å². The number of imidazole rings is 1. The molecule has 0 saturated heterocycles. The van der Waals surface area contributed by atoms with Gasteiger partial charge in [0.15, 0.2) is 0 Å².